The second kappa shape index (κ2) is 6.64. The molecule has 0 spiro atoms. The lowest BCUT2D eigenvalue weighted by atomic mass is 9.90. The third-order valence-electron chi connectivity index (χ3n) is 4.52. The molecule has 132 valence electrons. The van der Waals surface area contributed by atoms with E-state index in [0.29, 0.717) is 22.0 Å². The number of fused-ring (bicyclic) bond motifs is 2. The summed E-state index contributed by atoms with van der Waals surface area (Å²) in [6.07, 6.45) is 2.26. The molecule has 4 rings (SSSR count). The number of carbonyl (C=O) groups is 1. The maximum Gasteiger partial charge on any atom is 0.265 e. The number of halogens is 1. The molecular formula is C21H20FN3O. The molecule has 1 aromatic heterocycles. The average molecular weight is 349 g/mol. The van der Waals surface area contributed by atoms with E-state index in [4.69, 9.17) is 11.0 Å². The SMILES string of the molecule is CC1(C)Cc2ccc(C#N)cc2C1.NC(=O)c1cc2cc(F)ccc2[nH]1. The minimum absolute atomic E-state index is 0.292. The van der Waals surface area contributed by atoms with Crippen molar-refractivity contribution in [2.24, 2.45) is 11.1 Å². The Morgan fingerprint density at radius 3 is 2.58 bits per heavy atom. The highest BCUT2D eigenvalue weighted by molar-refractivity contribution is 5.96. The van der Waals surface area contributed by atoms with Crippen LogP contribution in [0.4, 0.5) is 4.39 Å². The number of aromatic nitrogens is 1. The van der Waals surface area contributed by atoms with Crippen molar-refractivity contribution in [3.8, 4) is 6.07 Å². The Balaban J connectivity index is 0.000000151. The number of nitrogens with two attached hydrogens (primary N) is 1. The Morgan fingerprint density at radius 1 is 1.15 bits per heavy atom. The predicted molar refractivity (Wildman–Crippen MR) is 99.1 cm³/mol. The maximum atomic E-state index is 12.7. The fourth-order valence-corrected chi connectivity index (χ4v) is 3.36. The first-order valence-corrected chi connectivity index (χ1v) is 8.37. The first-order chi connectivity index (χ1) is 12.3. The number of hydrogen-bond donors (Lipinski definition) is 2. The van der Waals surface area contributed by atoms with Crippen molar-refractivity contribution < 1.29 is 9.18 Å². The van der Waals surface area contributed by atoms with E-state index in [1.807, 2.05) is 12.1 Å². The van der Waals surface area contributed by atoms with Gasteiger partial charge in [0.2, 0.25) is 0 Å². The molecule has 5 heteroatoms. The molecule has 0 saturated heterocycles. The zero-order valence-electron chi connectivity index (χ0n) is 14.8. The summed E-state index contributed by atoms with van der Waals surface area (Å²) in [5.41, 5.74) is 10.0. The fourth-order valence-electron chi connectivity index (χ4n) is 3.36. The standard InChI is InChI=1S/C12H13N.C9H7FN2O/c1-12(2)6-10-4-3-9(8-13)5-11(10)7-12;10-6-1-2-7-5(3-6)4-8(12-7)9(11)13/h3-5H,6-7H2,1-2H3;1-4,12H,(H2,11,13). The van der Waals surface area contributed by atoms with E-state index in [2.05, 4.69) is 31.0 Å². The number of nitrogens with one attached hydrogen (secondary N) is 1. The minimum Gasteiger partial charge on any atom is -0.364 e. The number of nitrogens with zero attached hydrogens (tertiary/aromatic N) is 1. The van der Waals surface area contributed by atoms with Crippen LogP contribution in [0.15, 0.2) is 42.5 Å². The molecule has 0 aliphatic heterocycles. The number of hydrogen-bond acceptors (Lipinski definition) is 2. The Labute approximate surface area is 151 Å². The van der Waals surface area contributed by atoms with Gasteiger partial charge in [0.25, 0.3) is 5.91 Å². The molecule has 1 aliphatic carbocycles. The van der Waals surface area contributed by atoms with E-state index in [-0.39, 0.29) is 5.82 Å². The normalized spacial score (nSPS) is 14.2. The van der Waals surface area contributed by atoms with Gasteiger partial charge in [0.15, 0.2) is 0 Å². The molecule has 2 aromatic carbocycles. The third-order valence-corrected chi connectivity index (χ3v) is 4.52. The molecule has 3 aromatic rings. The van der Waals surface area contributed by atoms with Crippen molar-refractivity contribution in [3.63, 3.8) is 0 Å². The molecular weight excluding hydrogens is 329 g/mol. The second-order valence-electron chi connectivity index (χ2n) is 7.39. The molecule has 0 saturated carbocycles. The Hall–Kier alpha value is -3.13. The van der Waals surface area contributed by atoms with Crippen molar-refractivity contribution in [3.05, 3.63) is 70.7 Å². The van der Waals surface area contributed by atoms with Gasteiger partial charge in [0, 0.05) is 10.9 Å². The van der Waals surface area contributed by atoms with Crippen LogP contribution >= 0.6 is 0 Å². The van der Waals surface area contributed by atoms with Crippen LogP contribution in [0.5, 0.6) is 0 Å². The van der Waals surface area contributed by atoms with Crippen LogP contribution in [0, 0.1) is 22.6 Å². The highest BCUT2D eigenvalue weighted by Gasteiger charge is 2.27. The van der Waals surface area contributed by atoms with Crippen molar-refractivity contribution in [1.82, 2.24) is 4.98 Å². The van der Waals surface area contributed by atoms with Gasteiger partial charge < -0.3 is 10.7 Å². The number of nitriles is 1. The lowest BCUT2D eigenvalue weighted by molar-refractivity contribution is 0.0996. The lowest BCUT2D eigenvalue weighted by Crippen LogP contribution is -2.10. The largest absolute Gasteiger partial charge is 0.364 e. The maximum absolute atomic E-state index is 12.7. The first-order valence-electron chi connectivity index (χ1n) is 8.37. The minimum atomic E-state index is -0.545. The van der Waals surface area contributed by atoms with Crippen LogP contribution in [0.25, 0.3) is 10.9 Å². The van der Waals surface area contributed by atoms with Crippen LogP contribution in [0.3, 0.4) is 0 Å². The van der Waals surface area contributed by atoms with Crippen molar-refractivity contribution >= 4 is 16.8 Å². The van der Waals surface area contributed by atoms with Crippen LogP contribution in [0.2, 0.25) is 0 Å². The summed E-state index contributed by atoms with van der Waals surface area (Å²) in [5, 5.41) is 9.40. The summed E-state index contributed by atoms with van der Waals surface area (Å²) in [6, 6.07) is 14.0. The van der Waals surface area contributed by atoms with Crippen LogP contribution in [-0.4, -0.2) is 10.9 Å². The number of aromatic amines is 1. The molecule has 3 N–H and O–H groups in total. The molecule has 26 heavy (non-hydrogen) atoms. The fraction of sp³-hybridized carbons (Fsp3) is 0.238. The Bertz CT molecular complexity index is 1030. The van der Waals surface area contributed by atoms with Crippen molar-refractivity contribution in [1.29, 1.82) is 5.26 Å². The van der Waals surface area contributed by atoms with Gasteiger partial charge in [-0.2, -0.15) is 5.26 Å². The molecule has 4 nitrogen and oxygen atoms in total. The monoisotopic (exact) mass is 349 g/mol. The highest BCUT2D eigenvalue weighted by Crippen LogP contribution is 2.36. The summed E-state index contributed by atoms with van der Waals surface area (Å²) in [6.45, 7) is 4.55. The molecule has 0 unspecified atom stereocenters. The summed E-state index contributed by atoms with van der Waals surface area (Å²) < 4.78 is 12.7. The van der Waals surface area contributed by atoms with Gasteiger partial charge in [-0.25, -0.2) is 4.39 Å². The predicted octanol–water partition coefficient (Wildman–Crippen LogP) is 4.09. The number of primary amides is 1. The Kier molecular flexibility index (Phi) is 4.52. The van der Waals surface area contributed by atoms with Crippen molar-refractivity contribution in [2.75, 3.05) is 0 Å². The van der Waals surface area contributed by atoms with Gasteiger partial charge in [0.1, 0.15) is 11.5 Å². The zero-order valence-corrected chi connectivity index (χ0v) is 14.8. The molecule has 0 fully saturated rings. The molecule has 0 atom stereocenters. The third kappa shape index (κ3) is 3.75. The lowest BCUT2D eigenvalue weighted by Gasteiger charge is -2.14. The van der Waals surface area contributed by atoms with E-state index < -0.39 is 5.91 Å². The molecule has 1 amide bonds. The molecule has 1 aliphatic rings. The van der Waals surface area contributed by atoms with E-state index in [0.717, 1.165) is 18.4 Å². The van der Waals surface area contributed by atoms with E-state index in [1.54, 1.807) is 6.07 Å². The van der Waals surface area contributed by atoms with Crippen molar-refractivity contribution in [2.45, 2.75) is 26.7 Å². The topological polar surface area (TPSA) is 82.7 Å². The molecule has 1 heterocycles. The number of rotatable bonds is 1. The van der Waals surface area contributed by atoms with E-state index in [9.17, 15) is 9.18 Å². The number of H-pyrrole nitrogens is 1. The first kappa shape index (κ1) is 17.7. The van der Waals surface area contributed by atoms with Gasteiger partial charge >= 0.3 is 0 Å². The number of benzene rings is 2. The van der Waals surface area contributed by atoms with Gasteiger partial charge in [-0.1, -0.05) is 19.9 Å². The van der Waals surface area contributed by atoms with E-state index >= 15 is 0 Å². The number of amides is 1. The molecule has 0 bridgehead atoms. The smallest absolute Gasteiger partial charge is 0.265 e. The summed E-state index contributed by atoms with van der Waals surface area (Å²) in [7, 11) is 0. The van der Waals surface area contributed by atoms with E-state index in [1.165, 1.54) is 29.3 Å². The van der Waals surface area contributed by atoms with Gasteiger partial charge in [-0.15, -0.1) is 0 Å². The number of carbonyl (C=O) groups excluding carboxylic acids is 1. The van der Waals surface area contributed by atoms with Crippen LogP contribution < -0.4 is 5.73 Å². The van der Waals surface area contributed by atoms with Crippen LogP contribution in [-0.2, 0) is 12.8 Å². The summed E-state index contributed by atoms with van der Waals surface area (Å²) in [4.78, 5) is 13.5. The highest BCUT2D eigenvalue weighted by atomic mass is 19.1. The van der Waals surface area contributed by atoms with Gasteiger partial charge in [-0.3, -0.25) is 4.79 Å². The second-order valence-corrected chi connectivity index (χ2v) is 7.39. The summed E-state index contributed by atoms with van der Waals surface area (Å²) in [5.74, 6) is -0.876. The quantitative estimate of drug-likeness (QED) is 0.693. The molecule has 0 radical (unpaired) electrons. The van der Waals surface area contributed by atoms with Gasteiger partial charge in [-0.05, 0) is 65.8 Å². The van der Waals surface area contributed by atoms with Gasteiger partial charge in [0.05, 0.1) is 11.6 Å². The summed E-state index contributed by atoms with van der Waals surface area (Å²) >= 11 is 0. The average Bonchev–Trinajstić information content (AvgIpc) is 3.13. The Morgan fingerprint density at radius 2 is 1.88 bits per heavy atom. The zero-order chi connectivity index (χ0) is 18.9. The van der Waals surface area contributed by atoms with Crippen LogP contribution in [0.1, 0.15) is 41.0 Å².